The molecule has 1 aromatic rings. The normalized spacial score (nSPS) is 21.1. The minimum atomic E-state index is 0.173. The Morgan fingerprint density at radius 1 is 1.63 bits per heavy atom. The Bertz CT molecular complexity index is 429. The molecular weight excluding hydrogens is 260 g/mol. The number of aromatic nitrogens is 2. The lowest BCUT2D eigenvalue weighted by Crippen LogP contribution is -2.39. The Balaban J connectivity index is 2.30. The predicted molar refractivity (Wildman–Crippen MR) is 79.8 cm³/mol. The van der Waals surface area contributed by atoms with E-state index in [9.17, 15) is 0 Å². The first kappa shape index (κ1) is 14.7. The summed E-state index contributed by atoms with van der Waals surface area (Å²) in [5, 5.41) is 4.46. The van der Waals surface area contributed by atoms with E-state index in [0.717, 1.165) is 17.1 Å². The molecule has 2 N–H and O–H groups in total. The molecule has 2 rings (SSSR count). The van der Waals surface area contributed by atoms with Crippen LogP contribution in [-0.4, -0.2) is 52.9 Å². The summed E-state index contributed by atoms with van der Waals surface area (Å²) in [7, 11) is 5.77. The number of ether oxygens (including phenoxy) is 1. The van der Waals surface area contributed by atoms with Gasteiger partial charge in [0, 0.05) is 25.4 Å². The molecule has 0 bridgehead atoms. The maximum atomic E-state index is 6.03. The number of methoxy groups -OCH3 is 1. The lowest BCUT2D eigenvalue weighted by atomic mass is 10.0. The number of hydrogen-bond donors (Lipinski definition) is 1. The lowest BCUT2D eigenvalue weighted by Gasteiger charge is -2.32. The number of nitrogens with zero attached hydrogens (tertiary/aromatic N) is 3. The van der Waals surface area contributed by atoms with Gasteiger partial charge in [-0.3, -0.25) is 4.90 Å². The minimum Gasteiger partial charge on any atom is -0.481 e. The number of thioether (sulfide) groups is 1. The Morgan fingerprint density at radius 2 is 2.37 bits per heavy atom. The lowest BCUT2D eigenvalue weighted by molar-refractivity contribution is 0.188. The molecule has 1 aromatic heterocycles. The third-order valence-corrected chi connectivity index (χ3v) is 5.08. The first-order valence-corrected chi connectivity index (χ1v) is 7.82. The highest BCUT2D eigenvalue weighted by Gasteiger charge is 2.31. The van der Waals surface area contributed by atoms with Crippen LogP contribution in [0.4, 0.5) is 0 Å². The largest absolute Gasteiger partial charge is 0.481 e. The molecule has 2 unspecified atom stereocenters. The van der Waals surface area contributed by atoms with Crippen LogP contribution < -0.4 is 10.5 Å². The van der Waals surface area contributed by atoms with Crippen molar-refractivity contribution in [3.63, 3.8) is 0 Å². The van der Waals surface area contributed by atoms with E-state index in [-0.39, 0.29) is 6.04 Å². The van der Waals surface area contributed by atoms with E-state index in [1.165, 1.54) is 17.9 Å². The van der Waals surface area contributed by atoms with Crippen molar-refractivity contribution >= 4 is 11.8 Å². The number of aryl methyl sites for hydroxylation is 2. The maximum Gasteiger partial charge on any atom is 0.216 e. The van der Waals surface area contributed by atoms with Gasteiger partial charge in [0.25, 0.3) is 0 Å². The monoisotopic (exact) mass is 284 g/mol. The molecule has 6 heteroatoms. The summed E-state index contributed by atoms with van der Waals surface area (Å²) in [5.74, 6) is 3.26. The standard InChI is InChI=1S/C13H24N4OS/c1-9-12(13(18-4)17(3)15-9)11(7-14)16(2)10-5-6-19-8-10/h10-11H,5-8,14H2,1-4H3. The van der Waals surface area contributed by atoms with Crippen LogP contribution in [0.5, 0.6) is 5.88 Å². The summed E-state index contributed by atoms with van der Waals surface area (Å²) in [6.07, 6.45) is 1.24. The molecule has 1 fully saturated rings. The van der Waals surface area contributed by atoms with Crippen molar-refractivity contribution in [1.82, 2.24) is 14.7 Å². The molecule has 5 nitrogen and oxygen atoms in total. The van der Waals surface area contributed by atoms with E-state index in [1.807, 2.05) is 25.7 Å². The topological polar surface area (TPSA) is 56.3 Å². The van der Waals surface area contributed by atoms with Crippen LogP contribution in [0.25, 0.3) is 0 Å². The van der Waals surface area contributed by atoms with E-state index in [2.05, 4.69) is 17.0 Å². The third-order valence-electron chi connectivity index (χ3n) is 3.94. The fourth-order valence-electron chi connectivity index (χ4n) is 2.86. The van der Waals surface area contributed by atoms with Crippen molar-refractivity contribution in [3.8, 4) is 5.88 Å². The highest BCUT2D eigenvalue weighted by molar-refractivity contribution is 7.99. The fourth-order valence-corrected chi connectivity index (χ4v) is 4.14. The van der Waals surface area contributed by atoms with E-state index in [0.29, 0.717) is 12.6 Å². The highest BCUT2D eigenvalue weighted by Crippen LogP contribution is 2.34. The van der Waals surface area contributed by atoms with Crippen LogP contribution in [-0.2, 0) is 7.05 Å². The number of likely N-dealkylation sites (N-methyl/N-ethyl adjacent to an activating group) is 1. The number of nitrogens with two attached hydrogens (primary N) is 1. The van der Waals surface area contributed by atoms with Gasteiger partial charge < -0.3 is 10.5 Å². The van der Waals surface area contributed by atoms with E-state index >= 15 is 0 Å². The van der Waals surface area contributed by atoms with Gasteiger partial charge in [-0.05, 0) is 26.1 Å². The van der Waals surface area contributed by atoms with Crippen molar-refractivity contribution in [3.05, 3.63) is 11.3 Å². The Labute approximate surface area is 119 Å². The van der Waals surface area contributed by atoms with Crippen LogP contribution >= 0.6 is 11.8 Å². The van der Waals surface area contributed by atoms with Gasteiger partial charge >= 0.3 is 0 Å². The van der Waals surface area contributed by atoms with Crippen LogP contribution in [0.15, 0.2) is 0 Å². The molecule has 108 valence electrons. The van der Waals surface area contributed by atoms with Crippen molar-refractivity contribution < 1.29 is 4.74 Å². The molecule has 1 aliphatic heterocycles. The highest BCUT2D eigenvalue weighted by atomic mass is 32.2. The second-order valence-electron chi connectivity index (χ2n) is 5.07. The molecule has 0 aromatic carbocycles. The first-order chi connectivity index (χ1) is 9.10. The molecule has 19 heavy (non-hydrogen) atoms. The molecular formula is C13H24N4OS. The molecule has 2 heterocycles. The Kier molecular flexibility index (Phi) is 4.76. The van der Waals surface area contributed by atoms with Gasteiger partial charge in [0.1, 0.15) is 0 Å². The molecule has 1 saturated heterocycles. The van der Waals surface area contributed by atoms with Gasteiger partial charge in [-0.2, -0.15) is 16.9 Å². The SMILES string of the molecule is COc1c(C(CN)N(C)C2CCSC2)c(C)nn1C. The van der Waals surface area contributed by atoms with E-state index in [1.54, 1.807) is 11.8 Å². The fraction of sp³-hybridized carbons (Fsp3) is 0.769. The van der Waals surface area contributed by atoms with Gasteiger partial charge in [0.15, 0.2) is 0 Å². The van der Waals surface area contributed by atoms with E-state index in [4.69, 9.17) is 10.5 Å². The first-order valence-electron chi connectivity index (χ1n) is 6.67. The quantitative estimate of drug-likeness (QED) is 0.880. The zero-order valence-corrected chi connectivity index (χ0v) is 13.0. The summed E-state index contributed by atoms with van der Waals surface area (Å²) < 4.78 is 7.30. The molecule has 0 spiro atoms. The van der Waals surface area contributed by atoms with Gasteiger partial charge in [0.2, 0.25) is 5.88 Å². The van der Waals surface area contributed by atoms with Crippen LogP contribution in [0.3, 0.4) is 0 Å². The van der Waals surface area contributed by atoms with Gasteiger partial charge in [0.05, 0.1) is 24.4 Å². The maximum absolute atomic E-state index is 6.03. The number of rotatable bonds is 5. The summed E-state index contributed by atoms with van der Waals surface area (Å²) in [5.41, 5.74) is 8.17. The minimum absolute atomic E-state index is 0.173. The van der Waals surface area contributed by atoms with Gasteiger partial charge in [-0.1, -0.05) is 0 Å². The zero-order chi connectivity index (χ0) is 14.0. The Morgan fingerprint density at radius 3 is 2.89 bits per heavy atom. The number of hydrogen-bond acceptors (Lipinski definition) is 5. The average molecular weight is 284 g/mol. The third kappa shape index (κ3) is 2.75. The predicted octanol–water partition coefficient (Wildman–Crippen LogP) is 1.17. The molecule has 0 aliphatic carbocycles. The van der Waals surface area contributed by atoms with Crippen molar-refractivity contribution in [2.24, 2.45) is 12.8 Å². The second-order valence-corrected chi connectivity index (χ2v) is 6.22. The summed E-state index contributed by atoms with van der Waals surface area (Å²) in [6.45, 7) is 2.61. The second kappa shape index (κ2) is 6.15. The average Bonchev–Trinajstić information content (AvgIpc) is 2.99. The molecule has 2 atom stereocenters. The van der Waals surface area contributed by atoms with Crippen molar-refractivity contribution in [2.75, 3.05) is 32.2 Å². The van der Waals surface area contributed by atoms with Gasteiger partial charge in [-0.25, -0.2) is 4.68 Å². The van der Waals surface area contributed by atoms with Crippen molar-refractivity contribution in [2.45, 2.75) is 25.4 Å². The summed E-state index contributed by atoms with van der Waals surface area (Å²) in [6, 6.07) is 0.773. The van der Waals surface area contributed by atoms with Gasteiger partial charge in [-0.15, -0.1) is 0 Å². The molecule has 0 amide bonds. The van der Waals surface area contributed by atoms with Crippen molar-refractivity contribution in [1.29, 1.82) is 0 Å². The summed E-state index contributed by atoms with van der Waals surface area (Å²) in [4.78, 5) is 2.40. The Hall–Kier alpha value is -0.720. The van der Waals surface area contributed by atoms with Crippen LogP contribution in [0.1, 0.15) is 23.7 Å². The van der Waals surface area contributed by atoms with E-state index < -0.39 is 0 Å². The molecule has 0 radical (unpaired) electrons. The zero-order valence-electron chi connectivity index (χ0n) is 12.2. The molecule has 1 aliphatic rings. The smallest absolute Gasteiger partial charge is 0.216 e. The van der Waals surface area contributed by atoms with Crippen LogP contribution in [0.2, 0.25) is 0 Å². The van der Waals surface area contributed by atoms with Crippen LogP contribution in [0, 0.1) is 6.92 Å². The molecule has 0 saturated carbocycles. The summed E-state index contributed by atoms with van der Waals surface area (Å²) >= 11 is 2.02.